The molecule has 1 rings (SSSR count). The molecule has 1 amide bonds. The lowest BCUT2D eigenvalue weighted by molar-refractivity contribution is -0.305. The molecule has 0 aliphatic carbocycles. The van der Waals surface area contributed by atoms with Crippen molar-refractivity contribution in [2.75, 3.05) is 13.2 Å². The molecular formula is C67H127NO10. The number of unbranched alkanes of at least 4 members (excludes halogenated alkanes) is 42. The first kappa shape index (κ1) is 74.2. The summed E-state index contributed by atoms with van der Waals surface area (Å²) >= 11 is 0. The van der Waals surface area contributed by atoms with Crippen molar-refractivity contribution in [1.82, 2.24) is 5.32 Å². The van der Waals surface area contributed by atoms with Crippen LogP contribution < -0.4 is 5.32 Å². The number of nitrogens with one attached hydrogen (secondary N) is 1. The summed E-state index contributed by atoms with van der Waals surface area (Å²) in [6.45, 7) is 5.83. The molecule has 8 unspecified atom stereocenters. The Kier molecular flexibility index (Phi) is 52.9. The zero-order valence-corrected chi connectivity index (χ0v) is 51.1. The van der Waals surface area contributed by atoms with Gasteiger partial charge in [0.05, 0.1) is 25.4 Å². The number of amides is 1. The van der Waals surface area contributed by atoms with Crippen LogP contribution in [-0.4, -0.2) is 99.6 Å². The van der Waals surface area contributed by atoms with Crippen molar-refractivity contribution in [1.29, 1.82) is 0 Å². The molecule has 8 atom stereocenters. The van der Waals surface area contributed by atoms with Gasteiger partial charge in [-0.2, -0.15) is 0 Å². The number of hydrogen-bond donors (Lipinski definition) is 6. The molecule has 460 valence electrons. The summed E-state index contributed by atoms with van der Waals surface area (Å²) < 4.78 is 17.7. The molecule has 0 saturated carbocycles. The second-order valence-electron chi connectivity index (χ2n) is 23.6. The van der Waals surface area contributed by atoms with E-state index in [1.54, 1.807) is 6.08 Å². The Bertz CT molecular complexity index is 1360. The van der Waals surface area contributed by atoms with E-state index in [-0.39, 0.29) is 13.0 Å². The van der Waals surface area contributed by atoms with Gasteiger partial charge in [0.15, 0.2) is 12.4 Å². The van der Waals surface area contributed by atoms with E-state index < -0.39 is 67.4 Å². The summed E-state index contributed by atoms with van der Waals surface area (Å²) in [4.78, 5) is 26.6. The number of esters is 1. The quantitative estimate of drug-likeness (QED) is 0.0195. The highest BCUT2D eigenvalue weighted by atomic mass is 16.7. The zero-order chi connectivity index (χ0) is 56.8. The minimum absolute atomic E-state index is 0.123. The maximum Gasteiger partial charge on any atom is 0.306 e. The van der Waals surface area contributed by atoms with Crippen molar-refractivity contribution in [2.45, 2.75) is 378 Å². The largest absolute Gasteiger partial charge is 0.454 e. The maximum atomic E-state index is 13.5. The Labute approximate surface area is 480 Å². The van der Waals surface area contributed by atoms with Crippen LogP contribution in [-0.2, 0) is 23.8 Å². The van der Waals surface area contributed by atoms with E-state index >= 15 is 0 Å². The number of carbonyl (C=O) groups is 2. The van der Waals surface area contributed by atoms with Crippen molar-refractivity contribution in [3.8, 4) is 0 Å². The number of carbonyl (C=O) groups excluding carboxylic acids is 2. The first-order valence-electron chi connectivity index (χ1n) is 33.6. The molecule has 1 saturated heterocycles. The summed E-state index contributed by atoms with van der Waals surface area (Å²) in [6.07, 6.45) is 55.0. The van der Waals surface area contributed by atoms with Gasteiger partial charge in [-0.15, -0.1) is 0 Å². The van der Waals surface area contributed by atoms with Crippen LogP contribution in [0.25, 0.3) is 0 Å². The minimum atomic E-state index is -1.61. The molecule has 0 aromatic carbocycles. The van der Waals surface area contributed by atoms with Gasteiger partial charge in [0.25, 0.3) is 0 Å². The third kappa shape index (κ3) is 42.9. The number of rotatable bonds is 58. The highest BCUT2D eigenvalue weighted by Gasteiger charge is 2.47. The summed E-state index contributed by atoms with van der Waals surface area (Å²) in [5.41, 5.74) is 0. The summed E-state index contributed by atoms with van der Waals surface area (Å²) in [5, 5.41) is 57.1. The third-order valence-corrected chi connectivity index (χ3v) is 16.1. The Morgan fingerprint density at radius 1 is 0.487 bits per heavy atom. The lowest BCUT2D eigenvalue weighted by atomic mass is 9.99. The van der Waals surface area contributed by atoms with Gasteiger partial charge in [0.1, 0.15) is 24.4 Å². The average Bonchev–Trinajstić information content (AvgIpc) is 3.45. The molecule has 0 bridgehead atoms. The molecule has 1 aliphatic rings. The van der Waals surface area contributed by atoms with Gasteiger partial charge in [-0.1, -0.05) is 295 Å². The van der Waals surface area contributed by atoms with E-state index in [4.69, 9.17) is 14.2 Å². The second kappa shape index (κ2) is 55.7. The standard InChI is InChI=1S/C67H127NO10/c1-4-7-10-13-16-19-22-25-27-29-30-31-33-34-36-39-42-45-48-51-54-60(71)66(75)68-58(59(70)53-50-47-44-41-38-24-21-18-15-12-9-6-3)57-76-67-65(64(74)63(73)61(56-69)77-67)78-62(72)55-52-49-46-43-40-37-35-32-28-26-23-20-17-14-11-8-5-2/h26,28,50,53,58-61,63-65,67,69-71,73-74H,4-25,27,29-49,51-52,54-57H2,1-3H3,(H,68,75)/b28-26+,53-50+. The first-order chi connectivity index (χ1) is 38.2. The lowest BCUT2D eigenvalue weighted by Crippen LogP contribution is -2.61. The van der Waals surface area contributed by atoms with Gasteiger partial charge in [-0.3, -0.25) is 9.59 Å². The van der Waals surface area contributed by atoms with Gasteiger partial charge in [0, 0.05) is 6.42 Å². The summed E-state index contributed by atoms with van der Waals surface area (Å²) in [6, 6.07) is -1.02. The Morgan fingerprint density at radius 3 is 1.24 bits per heavy atom. The molecule has 1 aliphatic heterocycles. The van der Waals surface area contributed by atoms with Gasteiger partial charge >= 0.3 is 5.97 Å². The summed E-state index contributed by atoms with van der Waals surface area (Å²) in [5.74, 6) is -1.18. The second-order valence-corrected chi connectivity index (χ2v) is 23.6. The molecule has 0 spiro atoms. The zero-order valence-electron chi connectivity index (χ0n) is 51.1. The Morgan fingerprint density at radius 2 is 0.846 bits per heavy atom. The highest BCUT2D eigenvalue weighted by Crippen LogP contribution is 2.26. The van der Waals surface area contributed by atoms with Crippen LogP contribution in [0.5, 0.6) is 0 Å². The molecule has 6 N–H and O–H groups in total. The molecule has 11 nitrogen and oxygen atoms in total. The fourth-order valence-corrected chi connectivity index (χ4v) is 10.8. The predicted molar refractivity (Wildman–Crippen MR) is 324 cm³/mol. The molecule has 1 heterocycles. The fourth-order valence-electron chi connectivity index (χ4n) is 10.8. The van der Waals surface area contributed by atoms with Crippen molar-refractivity contribution >= 4 is 11.9 Å². The SMILES string of the molecule is CCCCCCCC/C=C/CCCCCCCCCC(=O)OC1C(OCC(NC(=O)C(O)CCCCCCCCCCCCCCCCCCCCCC)C(O)/C=C/CCCCCCCCCCCC)OC(CO)C(O)C1O. The number of allylic oxidation sites excluding steroid dienone is 3. The number of hydrogen-bond acceptors (Lipinski definition) is 10. The monoisotopic (exact) mass is 1110 g/mol. The molecule has 11 heteroatoms. The Balaban J connectivity index is 2.62. The van der Waals surface area contributed by atoms with E-state index in [1.165, 1.54) is 212 Å². The first-order valence-corrected chi connectivity index (χ1v) is 33.6. The lowest BCUT2D eigenvalue weighted by Gasteiger charge is -2.41. The molecule has 0 aromatic heterocycles. The minimum Gasteiger partial charge on any atom is -0.454 e. The van der Waals surface area contributed by atoms with Crippen molar-refractivity contribution in [2.24, 2.45) is 0 Å². The van der Waals surface area contributed by atoms with E-state index in [9.17, 15) is 35.1 Å². The third-order valence-electron chi connectivity index (χ3n) is 16.1. The Hall–Kier alpha value is -1.86. The molecule has 1 fully saturated rings. The summed E-state index contributed by atoms with van der Waals surface area (Å²) in [7, 11) is 0. The number of aliphatic hydroxyl groups is 5. The average molecular weight is 1110 g/mol. The van der Waals surface area contributed by atoms with Crippen LogP contribution in [0.2, 0.25) is 0 Å². The van der Waals surface area contributed by atoms with Crippen LogP contribution in [0.15, 0.2) is 24.3 Å². The van der Waals surface area contributed by atoms with Crippen LogP contribution in [0.1, 0.15) is 329 Å². The van der Waals surface area contributed by atoms with Crippen LogP contribution in [0, 0.1) is 0 Å². The van der Waals surface area contributed by atoms with E-state index in [0.29, 0.717) is 19.3 Å². The van der Waals surface area contributed by atoms with Crippen molar-refractivity contribution < 1.29 is 49.3 Å². The van der Waals surface area contributed by atoms with Gasteiger partial charge in [0.2, 0.25) is 5.91 Å². The molecule has 0 aromatic rings. The molecule has 78 heavy (non-hydrogen) atoms. The topological polar surface area (TPSA) is 175 Å². The predicted octanol–water partition coefficient (Wildman–Crippen LogP) is 16.5. The van der Waals surface area contributed by atoms with Crippen molar-refractivity contribution in [3.05, 3.63) is 24.3 Å². The van der Waals surface area contributed by atoms with E-state index in [2.05, 4.69) is 38.2 Å². The molecular weight excluding hydrogens is 979 g/mol. The van der Waals surface area contributed by atoms with Crippen LogP contribution in [0.4, 0.5) is 0 Å². The fraction of sp³-hybridized carbons (Fsp3) is 0.910. The highest BCUT2D eigenvalue weighted by molar-refractivity contribution is 5.80. The number of aliphatic hydroxyl groups excluding tert-OH is 5. The van der Waals surface area contributed by atoms with E-state index in [1.807, 2.05) is 6.08 Å². The normalized spacial score (nSPS) is 19.0. The molecule has 0 radical (unpaired) electrons. The van der Waals surface area contributed by atoms with Gasteiger partial charge in [-0.25, -0.2) is 0 Å². The van der Waals surface area contributed by atoms with Gasteiger partial charge < -0.3 is 45.1 Å². The van der Waals surface area contributed by atoms with Crippen LogP contribution >= 0.6 is 0 Å². The smallest absolute Gasteiger partial charge is 0.306 e. The van der Waals surface area contributed by atoms with E-state index in [0.717, 1.165) is 70.6 Å². The van der Waals surface area contributed by atoms with Crippen molar-refractivity contribution in [3.63, 3.8) is 0 Å². The maximum absolute atomic E-state index is 13.5. The van der Waals surface area contributed by atoms with Crippen LogP contribution in [0.3, 0.4) is 0 Å². The van der Waals surface area contributed by atoms with Gasteiger partial charge in [-0.05, 0) is 51.4 Å². The number of ether oxygens (including phenoxy) is 3.